The Balaban J connectivity index is 2.00. The monoisotopic (exact) mass is 311 g/mol. The molecule has 1 aromatic carbocycles. The van der Waals surface area contributed by atoms with Crippen molar-refractivity contribution in [1.29, 1.82) is 0 Å². The highest BCUT2D eigenvalue weighted by atomic mass is 32.2. The second kappa shape index (κ2) is 7.04. The normalized spacial score (nSPS) is 19.9. The van der Waals surface area contributed by atoms with Crippen LogP contribution < -0.4 is 5.32 Å². The van der Waals surface area contributed by atoms with Gasteiger partial charge in [-0.3, -0.25) is 4.79 Å². The van der Waals surface area contributed by atoms with Gasteiger partial charge in [0.15, 0.2) is 6.10 Å². The molecule has 1 unspecified atom stereocenters. The molecule has 0 saturated carbocycles. The van der Waals surface area contributed by atoms with Gasteiger partial charge in [0, 0.05) is 12.6 Å². The SMILES string of the molecule is CCOC(C(=O)NC1CCS(=O)(=O)CC1)c1ccccc1. The second-order valence-corrected chi connectivity index (χ2v) is 7.48. The fourth-order valence-electron chi connectivity index (χ4n) is 2.43. The molecule has 1 aliphatic heterocycles. The summed E-state index contributed by atoms with van der Waals surface area (Å²) in [7, 11) is -2.92. The van der Waals surface area contributed by atoms with E-state index in [-0.39, 0.29) is 23.5 Å². The lowest BCUT2D eigenvalue weighted by Gasteiger charge is -2.25. The average molecular weight is 311 g/mol. The van der Waals surface area contributed by atoms with Crippen molar-refractivity contribution >= 4 is 15.7 Å². The van der Waals surface area contributed by atoms with Gasteiger partial charge in [-0.2, -0.15) is 0 Å². The summed E-state index contributed by atoms with van der Waals surface area (Å²) in [6.07, 6.45) is 0.304. The minimum atomic E-state index is -2.92. The molecule has 1 atom stereocenters. The Labute approximate surface area is 125 Å². The van der Waals surface area contributed by atoms with Crippen molar-refractivity contribution in [3.63, 3.8) is 0 Å². The Morgan fingerprint density at radius 1 is 1.29 bits per heavy atom. The van der Waals surface area contributed by atoms with Crippen LogP contribution in [0.4, 0.5) is 0 Å². The van der Waals surface area contributed by atoms with Crippen molar-refractivity contribution in [3.8, 4) is 0 Å². The van der Waals surface area contributed by atoms with Gasteiger partial charge < -0.3 is 10.1 Å². The molecule has 21 heavy (non-hydrogen) atoms. The third-order valence-electron chi connectivity index (χ3n) is 3.57. The molecule has 1 fully saturated rings. The topological polar surface area (TPSA) is 72.5 Å². The molecule has 0 spiro atoms. The van der Waals surface area contributed by atoms with Crippen LogP contribution in [0.5, 0.6) is 0 Å². The smallest absolute Gasteiger partial charge is 0.253 e. The van der Waals surface area contributed by atoms with Crippen molar-refractivity contribution < 1.29 is 17.9 Å². The molecule has 0 bridgehead atoms. The van der Waals surface area contributed by atoms with Gasteiger partial charge in [-0.15, -0.1) is 0 Å². The summed E-state index contributed by atoms with van der Waals surface area (Å²) < 4.78 is 28.3. The average Bonchev–Trinajstić information content (AvgIpc) is 2.48. The maximum Gasteiger partial charge on any atom is 0.253 e. The number of sulfone groups is 1. The fourth-order valence-corrected chi connectivity index (χ4v) is 3.92. The largest absolute Gasteiger partial charge is 0.364 e. The highest BCUT2D eigenvalue weighted by molar-refractivity contribution is 7.91. The summed E-state index contributed by atoms with van der Waals surface area (Å²) in [4.78, 5) is 12.4. The predicted molar refractivity (Wildman–Crippen MR) is 80.6 cm³/mol. The molecule has 116 valence electrons. The zero-order valence-electron chi connectivity index (χ0n) is 12.1. The molecule has 2 rings (SSSR count). The standard InChI is InChI=1S/C15H21NO4S/c1-2-20-14(12-6-4-3-5-7-12)15(17)16-13-8-10-21(18,19)11-9-13/h3-7,13-14H,2,8-11H2,1H3,(H,16,17). The van der Waals surface area contributed by atoms with Crippen LogP contribution in [0.3, 0.4) is 0 Å². The van der Waals surface area contributed by atoms with Crippen LogP contribution in [0.1, 0.15) is 31.4 Å². The number of amides is 1. The number of carbonyl (C=O) groups excluding carboxylic acids is 1. The number of benzene rings is 1. The number of hydrogen-bond donors (Lipinski definition) is 1. The predicted octanol–water partition coefficient (Wildman–Crippen LogP) is 1.46. The Morgan fingerprint density at radius 2 is 1.90 bits per heavy atom. The minimum Gasteiger partial charge on any atom is -0.364 e. The molecule has 1 saturated heterocycles. The van der Waals surface area contributed by atoms with Crippen molar-refractivity contribution in [2.24, 2.45) is 0 Å². The van der Waals surface area contributed by atoms with E-state index in [1.807, 2.05) is 37.3 Å². The third kappa shape index (κ3) is 4.54. The lowest BCUT2D eigenvalue weighted by Crippen LogP contribution is -2.43. The van der Waals surface area contributed by atoms with Crippen LogP contribution in [0, 0.1) is 0 Å². The van der Waals surface area contributed by atoms with Crippen LogP contribution in [0.25, 0.3) is 0 Å². The first-order valence-electron chi connectivity index (χ1n) is 7.19. The Morgan fingerprint density at radius 3 is 2.48 bits per heavy atom. The molecule has 1 aromatic rings. The van der Waals surface area contributed by atoms with Gasteiger partial charge in [0.2, 0.25) is 0 Å². The van der Waals surface area contributed by atoms with Crippen LogP contribution in [0.15, 0.2) is 30.3 Å². The molecule has 0 aliphatic carbocycles. The Hall–Kier alpha value is -1.40. The maximum atomic E-state index is 12.4. The first-order chi connectivity index (χ1) is 10.0. The summed E-state index contributed by atoms with van der Waals surface area (Å²) in [5, 5.41) is 2.91. The molecule has 1 aliphatic rings. The first kappa shape index (κ1) is 16.0. The molecule has 1 N–H and O–H groups in total. The van der Waals surface area contributed by atoms with Crippen molar-refractivity contribution in [2.75, 3.05) is 18.1 Å². The summed E-state index contributed by atoms with van der Waals surface area (Å²) >= 11 is 0. The molecule has 6 heteroatoms. The van der Waals surface area contributed by atoms with E-state index in [0.717, 1.165) is 5.56 Å². The van der Waals surface area contributed by atoms with E-state index >= 15 is 0 Å². The number of carbonyl (C=O) groups is 1. The van der Waals surface area contributed by atoms with Crippen LogP contribution in [-0.2, 0) is 19.4 Å². The van der Waals surface area contributed by atoms with Gasteiger partial charge >= 0.3 is 0 Å². The van der Waals surface area contributed by atoms with Crippen molar-refractivity contribution in [2.45, 2.75) is 31.9 Å². The number of rotatable bonds is 5. The minimum absolute atomic E-state index is 0.0901. The lowest BCUT2D eigenvalue weighted by atomic mass is 10.1. The Kier molecular flexibility index (Phi) is 5.36. The van der Waals surface area contributed by atoms with E-state index in [4.69, 9.17) is 4.74 Å². The summed E-state index contributed by atoms with van der Waals surface area (Å²) in [6, 6.07) is 9.23. The molecule has 0 aromatic heterocycles. The van der Waals surface area contributed by atoms with E-state index in [0.29, 0.717) is 19.4 Å². The van der Waals surface area contributed by atoms with Gasteiger partial charge in [0.1, 0.15) is 9.84 Å². The van der Waals surface area contributed by atoms with E-state index < -0.39 is 15.9 Å². The van der Waals surface area contributed by atoms with E-state index in [9.17, 15) is 13.2 Å². The number of nitrogens with one attached hydrogen (secondary N) is 1. The highest BCUT2D eigenvalue weighted by Gasteiger charge is 2.28. The van der Waals surface area contributed by atoms with Crippen LogP contribution in [0.2, 0.25) is 0 Å². The molecule has 1 amide bonds. The highest BCUT2D eigenvalue weighted by Crippen LogP contribution is 2.19. The fraction of sp³-hybridized carbons (Fsp3) is 0.533. The molecule has 1 heterocycles. The van der Waals surface area contributed by atoms with E-state index in [1.54, 1.807) is 0 Å². The summed E-state index contributed by atoms with van der Waals surface area (Å²) in [5.41, 5.74) is 0.806. The Bertz CT molecular complexity index is 557. The zero-order chi connectivity index (χ0) is 15.3. The van der Waals surface area contributed by atoms with Crippen molar-refractivity contribution in [3.05, 3.63) is 35.9 Å². The molecular weight excluding hydrogens is 290 g/mol. The van der Waals surface area contributed by atoms with Gasteiger partial charge in [-0.25, -0.2) is 8.42 Å². The van der Waals surface area contributed by atoms with Gasteiger partial charge in [-0.05, 0) is 25.3 Å². The summed E-state index contributed by atoms with van der Waals surface area (Å²) in [5.74, 6) is 0.0814. The number of hydrogen-bond acceptors (Lipinski definition) is 4. The van der Waals surface area contributed by atoms with Gasteiger partial charge in [0.05, 0.1) is 11.5 Å². The maximum absolute atomic E-state index is 12.4. The van der Waals surface area contributed by atoms with Crippen LogP contribution in [-0.4, -0.2) is 38.5 Å². The van der Waals surface area contributed by atoms with Gasteiger partial charge in [-0.1, -0.05) is 30.3 Å². The lowest BCUT2D eigenvalue weighted by molar-refractivity contribution is -0.133. The van der Waals surface area contributed by atoms with E-state index in [1.165, 1.54) is 0 Å². The third-order valence-corrected chi connectivity index (χ3v) is 5.29. The molecule has 0 radical (unpaired) electrons. The first-order valence-corrected chi connectivity index (χ1v) is 9.01. The summed E-state index contributed by atoms with van der Waals surface area (Å²) in [6.45, 7) is 2.28. The number of ether oxygens (including phenoxy) is 1. The van der Waals surface area contributed by atoms with Crippen molar-refractivity contribution in [1.82, 2.24) is 5.32 Å². The molecule has 5 nitrogen and oxygen atoms in total. The quantitative estimate of drug-likeness (QED) is 0.893. The molecular formula is C15H21NO4S. The van der Waals surface area contributed by atoms with Gasteiger partial charge in [0.25, 0.3) is 5.91 Å². The van der Waals surface area contributed by atoms with E-state index in [2.05, 4.69) is 5.32 Å². The zero-order valence-corrected chi connectivity index (χ0v) is 12.9. The van der Waals surface area contributed by atoms with Crippen LogP contribution >= 0.6 is 0 Å². The second-order valence-electron chi connectivity index (χ2n) is 5.18.